The van der Waals surface area contributed by atoms with Crippen LogP contribution in [0.15, 0.2) is 24.3 Å². The minimum absolute atomic E-state index is 0.246. The van der Waals surface area contributed by atoms with Crippen LogP contribution in [0.3, 0.4) is 0 Å². The van der Waals surface area contributed by atoms with Crippen molar-refractivity contribution in [3.8, 4) is 32.9 Å². The molecule has 0 saturated heterocycles. The van der Waals surface area contributed by atoms with Gasteiger partial charge in [0.25, 0.3) is 0 Å². The second-order valence-electron chi connectivity index (χ2n) is 5.74. The summed E-state index contributed by atoms with van der Waals surface area (Å²) in [5.74, 6) is -0.504. The molecule has 0 aliphatic rings. The number of carbonyl (C=O) groups excluding carboxylic acids is 2. The zero-order valence-corrected chi connectivity index (χ0v) is 18.5. The fourth-order valence-corrected chi connectivity index (χ4v) is 4.41. The van der Waals surface area contributed by atoms with Crippen molar-refractivity contribution in [2.24, 2.45) is 0 Å². The van der Waals surface area contributed by atoms with E-state index in [0.29, 0.717) is 33.0 Å². The maximum atomic E-state index is 12.0. The summed E-state index contributed by atoms with van der Waals surface area (Å²) in [6.45, 7) is 4.39. The van der Waals surface area contributed by atoms with Crippen LogP contribution in [0.25, 0.3) is 21.1 Å². The highest BCUT2D eigenvalue weighted by molar-refractivity contribution is 7.17. The van der Waals surface area contributed by atoms with E-state index in [-0.39, 0.29) is 11.8 Å². The first kappa shape index (κ1) is 21.7. The van der Waals surface area contributed by atoms with Gasteiger partial charge in [0.15, 0.2) is 9.75 Å². The molecule has 30 heavy (non-hydrogen) atoms. The van der Waals surface area contributed by atoms with Crippen molar-refractivity contribution in [2.75, 3.05) is 27.4 Å². The third kappa shape index (κ3) is 4.44. The fourth-order valence-electron chi connectivity index (χ4n) is 2.56. The molecule has 2 heterocycles. The van der Waals surface area contributed by atoms with E-state index in [1.807, 2.05) is 38.1 Å². The number of benzene rings is 1. The Hall–Kier alpha value is -2.98. The van der Waals surface area contributed by atoms with Gasteiger partial charge in [0.1, 0.15) is 10.0 Å². The molecule has 0 saturated carbocycles. The number of aromatic nitrogens is 2. The standard InChI is InChI=1S/C20H20N2O6S2/c1-5-27-15-13(19(23)25-3)29-17(21-15)11-8-7-9-12(10-11)18-22-16(28-6-2)14(30-18)20(24)26-4/h7-10H,5-6H2,1-4H3. The van der Waals surface area contributed by atoms with Crippen molar-refractivity contribution < 1.29 is 28.5 Å². The zero-order chi connectivity index (χ0) is 21.7. The van der Waals surface area contributed by atoms with E-state index in [0.717, 1.165) is 11.1 Å². The van der Waals surface area contributed by atoms with Gasteiger partial charge in [-0.3, -0.25) is 0 Å². The van der Waals surface area contributed by atoms with Crippen LogP contribution in [-0.4, -0.2) is 49.3 Å². The van der Waals surface area contributed by atoms with Crippen LogP contribution in [0.1, 0.15) is 33.2 Å². The van der Waals surface area contributed by atoms with Crippen molar-refractivity contribution in [1.82, 2.24) is 9.97 Å². The summed E-state index contributed by atoms with van der Waals surface area (Å²) in [4.78, 5) is 33.6. The molecule has 3 aromatic rings. The van der Waals surface area contributed by atoms with Crippen molar-refractivity contribution in [2.45, 2.75) is 13.8 Å². The molecule has 2 aromatic heterocycles. The van der Waals surface area contributed by atoms with Crippen LogP contribution in [0.4, 0.5) is 0 Å². The molecule has 0 spiro atoms. The summed E-state index contributed by atoms with van der Waals surface area (Å²) in [5.41, 5.74) is 1.56. The molecule has 0 amide bonds. The van der Waals surface area contributed by atoms with Gasteiger partial charge >= 0.3 is 11.9 Å². The van der Waals surface area contributed by atoms with Crippen LogP contribution in [0.2, 0.25) is 0 Å². The molecule has 0 bridgehead atoms. The van der Waals surface area contributed by atoms with Gasteiger partial charge < -0.3 is 18.9 Å². The van der Waals surface area contributed by atoms with Crippen LogP contribution < -0.4 is 9.47 Å². The van der Waals surface area contributed by atoms with Crippen molar-refractivity contribution in [3.63, 3.8) is 0 Å². The molecule has 0 N–H and O–H groups in total. The SMILES string of the molecule is CCOc1nc(-c2cccc(-c3nc(OCC)c(C(=O)OC)s3)c2)sc1C(=O)OC. The number of hydrogen-bond donors (Lipinski definition) is 0. The Morgan fingerprint density at radius 2 is 1.27 bits per heavy atom. The van der Waals surface area contributed by atoms with E-state index < -0.39 is 11.9 Å². The van der Waals surface area contributed by atoms with E-state index >= 15 is 0 Å². The van der Waals surface area contributed by atoms with Crippen LogP contribution in [0, 0.1) is 0 Å². The molecule has 0 unspecified atom stereocenters. The molecule has 1 aromatic carbocycles. The summed E-state index contributed by atoms with van der Waals surface area (Å²) >= 11 is 2.38. The minimum atomic E-state index is -0.498. The maximum absolute atomic E-state index is 12.0. The highest BCUT2D eigenvalue weighted by Crippen LogP contribution is 2.37. The van der Waals surface area contributed by atoms with Gasteiger partial charge in [-0.1, -0.05) is 18.2 Å². The average molecular weight is 449 g/mol. The third-order valence-electron chi connectivity index (χ3n) is 3.85. The molecule has 10 heteroatoms. The van der Waals surface area contributed by atoms with Crippen LogP contribution in [0.5, 0.6) is 11.8 Å². The van der Waals surface area contributed by atoms with E-state index in [4.69, 9.17) is 18.9 Å². The van der Waals surface area contributed by atoms with Crippen molar-refractivity contribution in [3.05, 3.63) is 34.0 Å². The molecule has 0 fully saturated rings. The first-order valence-corrected chi connectivity index (χ1v) is 10.7. The van der Waals surface area contributed by atoms with Gasteiger partial charge in [0.2, 0.25) is 11.8 Å². The van der Waals surface area contributed by atoms with E-state index in [1.54, 1.807) is 0 Å². The summed E-state index contributed by atoms with van der Waals surface area (Å²) in [6.07, 6.45) is 0. The topological polar surface area (TPSA) is 96.8 Å². The monoisotopic (exact) mass is 448 g/mol. The molecular formula is C20H20N2O6S2. The highest BCUT2D eigenvalue weighted by atomic mass is 32.1. The molecule has 0 aliphatic heterocycles. The van der Waals surface area contributed by atoms with Gasteiger partial charge in [-0.25, -0.2) is 19.6 Å². The predicted molar refractivity (Wildman–Crippen MR) is 114 cm³/mol. The van der Waals surface area contributed by atoms with Crippen molar-refractivity contribution >= 4 is 34.6 Å². The largest absolute Gasteiger partial charge is 0.477 e. The number of methoxy groups -OCH3 is 2. The first-order valence-electron chi connectivity index (χ1n) is 9.07. The van der Waals surface area contributed by atoms with E-state index in [9.17, 15) is 9.59 Å². The van der Waals surface area contributed by atoms with Gasteiger partial charge in [0.05, 0.1) is 27.4 Å². The molecular weight excluding hydrogens is 428 g/mol. The smallest absolute Gasteiger partial charge is 0.353 e. The number of rotatable bonds is 8. The Balaban J connectivity index is 2.01. The van der Waals surface area contributed by atoms with Gasteiger partial charge in [-0.05, 0) is 19.9 Å². The lowest BCUT2D eigenvalue weighted by molar-refractivity contribution is 0.0592. The number of nitrogens with zero attached hydrogens (tertiary/aromatic N) is 2. The zero-order valence-electron chi connectivity index (χ0n) is 16.9. The Morgan fingerprint density at radius 1 is 0.833 bits per heavy atom. The number of ether oxygens (including phenoxy) is 4. The third-order valence-corrected chi connectivity index (χ3v) is 5.98. The van der Waals surface area contributed by atoms with Gasteiger partial charge in [-0.15, -0.1) is 22.7 Å². The lowest BCUT2D eigenvalue weighted by atomic mass is 10.1. The second-order valence-corrected chi connectivity index (χ2v) is 7.73. The number of carbonyl (C=O) groups is 2. The number of thiazole rings is 2. The molecule has 0 aliphatic carbocycles. The molecule has 8 nitrogen and oxygen atoms in total. The predicted octanol–water partition coefficient (Wildman–Crippen LogP) is 4.30. The van der Waals surface area contributed by atoms with Crippen LogP contribution >= 0.6 is 22.7 Å². The summed E-state index contributed by atoms with van der Waals surface area (Å²) in [7, 11) is 2.63. The van der Waals surface area contributed by atoms with Crippen LogP contribution in [-0.2, 0) is 9.47 Å². The van der Waals surface area contributed by atoms with E-state index in [1.165, 1.54) is 36.9 Å². The lowest BCUT2D eigenvalue weighted by Crippen LogP contribution is -2.02. The molecule has 3 rings (SSSR count). The maximum Gasteiger partial charge on any atom is 0.353 e. The highest BCUT2D eigenvalue weighted by Gasteiger charge is 2.23. The quantitative estimate of drug-likeness (QED) is 0.471. The normalized spacial score (nSPS) is 10.5. The summed E-state index contributed by atoms with van der Waals surface area (Å²) < 4.78 is 20.6. The van der Waals surface area contributed by atoms with E-state index in [2.05, 4.69) is 9.97 Å². The minimum Gasteiger partial charge on any atom is -0.477 e. The Morgan fingerprint density at radius 3 is 1.63 bits per heavy atom. The lowest BCUT2D eigenvalue weighted by Gasteiger charge is -2.01. The number of hydrogen-bond acceptors (Lipinski definition) is 10. The average Bonchev–Trinajstić information content (AvgIpc) is 3.38. The van der Waals surface area contributed by atoms with Gasteiger partial charge in [0, 0.05) is 11.1 Å². The summed E-state index contributed by atoms with van der Waals surface area (Å²) in [6, 6.07) is 7.48. The molecule has 158 valence electrons. The molecule has 0 atom stereocenters. The van der Waals surface area contributed by atoms with Gasteiger partial charge in [-0.2, -0.15) is 0 Å². The Kier molecular flexibility index (Phi) is 7.01. The van der Waals surface area contributed by atoms with Crippen molar-refractivity contribution in [1.29, 1.82) is 0 Å². The fraction of sp³-hybridized carbons (Fsp3) is 0.300. The Labute approximate surface area is 181 Å². The number of esters is 2. The second kappa shape index (κ2) is 9.68. The molecule has 0 radical (unpaired) electrons. The summed E-state index contributed by atoms with van der Waals surface area (Å²) in [5, 5.41) is 1.21. The first-order chi connectivity index (χ1) is 14.5. The Bertz CT molecular complexity index is 980.